The Bertz CT molecular complexity index is 666. The summed E-state index contributed by atoms with van der Waals surface area (Å²) in [6, 6.07) is 6.92. The number of carbonyl (C=O) groups excluding carboxylic acids is 1. The smallest absolute Gasteiger partial charge is 0.319 e. The molecule has 0 radical (unpaired) electrons. The number of hydrogen-bond acceptors (Lipinski definition) is 4. The van der Waals surface area contributed by atoms with Gasteiger partial charge in [-0.2, -0.15) is 0 Å². The third kappa shape index (κ3) is 3.80. The minimum Gasteiger partial charge on any atom is -0.497 e. The van der Waals surface area contributed by atoms with Gasteiger partial charge in [0.25, 0.3) is 0 Å². The zero-order chi connectivity index (χ0) is 16.1. The number of fused-ring (bicyclic) bond motifs is 1. The Balaban J connectivity index is 1.55. The van der Waals surface area contributed by atoms with Crippen molar-refractivity contribution in [3.05, 3.63) is 35.9 Å². The first-order valence-electron chi connectivity index (χ1n) is 7.86. The van der Waals surface area contributed by atoms with Gasteiger partial charge < -0.3 is 19.9 Å². The zero-order valence-electron chi connectivity index (χ0n) is 13.2. The summed E-state index contributed by atoms with van der Waals surface area (Å²) in [4.78, 5) is 12.0. The number of methoxy groups -OCH3 is 1. The molecule has 7 heteroatoms. The monoisotopic (exact) mass is 315 g/mol. The van der Waals surface area contributed by atoms with Crippen molar-refractivity contribution in [1.82, 2.24) is 20.1 Å². The van der Waals surface area contributed by atoms with Crippen molar-refractivity contribution in [1.29, 1.82) is 0 Å². The number of ether oxygens (including phenoxy) is 1. The van der Waals surface area contributed by atoms with E-state index in [-0.39, 0.29) is 6.03 Å². The average molecular weight is 315 g/mol. The molecular formula is C16H21N5O2. The fraction of sp³-hybridized carbons (Fsp3) is 0.438. The molecule has 0 fully saturated rings. The summed E-state index contributed by atoms with van der Waals surface area (Å²) in [6.45, 7) is 1.30. The molecule has 3 rings (SSSR count). The fourth-order valence-electron chi connectivity index (χ4n) is 2.69. The number of nitrogens with one attached hydrogen (secondary N) is 2. The molecule has 2 amide bonds. The molecule has 1 aliphatic heterocycles. The molecule has 0 bridgehead atoms. The van der Waals surface area contributed by atoms with Crippen molar-refractivity contribution < 1.29 is 9.53 Å². The summed E-state index contributed by atoms with van der Waals surface area (Å²) in [6.07, 6.45) is 4.47. The van der Waals surface area contributed by atoms with Gasteiger partial charge in [-0.15, -0.1) is 10.2 Å². The third-order valence-electron chi connectivity index (χ3n) is 3.94. The Morgan fingerprint density at radius 3 is 2.83 bits per heavy atom. The van der Waals surface area contributed by atoms with Gasteiger partial charge >= 0.3 is 6.03 Å². The summed E-state index contributed by atoms with van der Waals surface area (Å²) >= 11 is 0. The van der Waals surface area contributed by atoms with Crippen LogP contribution in [0.4, 0.5) is 10.5 Å². The summed E-state index contributed by atoms with van der Waals surface area (Å²) in [7, 11) is 1.61. The molecule has 7 nitrogen and oxygen atoms in total. The molecule has 1 aliphatic rings. The van der Waals surface area contributed by atoms with Gasteiger partial charge in [-0.25, -0.2) is 4.79 Å². The Morgan fingerprint density at radius 2 is 2.04 bits per heavy atom. The van der Waals surface area contributed by atoms with E-state index in [0.717, 1.165) is 43.2 Å². The number of nitrogens with zero attached hydrogens (tertiary/aromatic N) is 3. The number of benzene rings is 1. The molecule has 0 spiro atoms. The van der Waals surface area contributed by atoms with Gasteiger partial charge in [0.05, 0.1) is 13.7 Å². The second kappa shape index (κ2) is 7.13. The number of hydrogen-bond donors (Lipinski definition) is 2. The van der Waals surface area contributed by atoms with E-state index in [2.05, 4.69) is 25.4 Å². The van der Waals surface area contributed by atoms with E-state index < -0.39 is 0 Å². The number of aromatic nitrogens is 3. The van der Waals surface area contributed by atoms with Crippen LogP contribution in [0.2, 0.25) is 0 Å². The van der Waals surface area contributed by atoms with Crippen molar-refractivity contribution >= 4 is 11.7 Å². The number of aryl methyl sites for hydroxylation is 1. The molecule has 2 N–H and O–H groups in total. The first-order chi connectivity index (χ1) is 11.3. The maximum Gasteiger partial charge on any atom is 0.319 e. The lowest BCUT2D eigenvalue weighted by molar-refractivity contribution is 0.251. The van der Waals surface area contributed by atoms with Crippen molar-refractivity contribution in [3.63, 3.8) is 0 Å². The third-order valence-corrected chi connectivity index (χ3v) is 3.94. The highest BCUT2D eigenvalue weighted by Crippen LogP contribution is 2.15. The van der Waals surface area contributed by atoms with Crippen LogP contribution in [0, 0.1) is 0 Å². The molecule has 23 heavy (non-hydrogen) atoms. The second-order valence-corrected chi connectivity index (χ2v) is 5.53. The molecular weight excluding hydrogens is 294 g/mol. The number of urea groups is 1. The van der Waals surface area contributed by atoms with Crippen LogP contribution in [0.5, 0.6) is 5.75 Å². The first-order valence-corrected chi connectivity index (χ1v) is 7.86. The second-order valence-electron chi connectivity index (χ2n) is 5.53. The molecule has 0 saturated heterocycles. The quantitative estimate of drug-likeness (QED) is 0.907. The maximum absolute atomic E-state index is 12.0. The van der Waals surface area contributed by atoms with Gasteiger partial charge in [0.15, 0.2) is 5.82 Å². The van der Waals surface area contributed by atoms with E-state index in [9.17, 15) is 4.79 Å². The van der Waals surface area contributed by atoms with E-state index in [0.29, 0.717) is 12.2 Å². The molecule has 122 valence electrons. The SMILES string of the molecule is COc1ccc(NC(=O)NCc2nnc3n2CCCCC3)cc1. The van der Waals surface area contributed by atoms with Gasteiger partial charge in [0.1, 0.15) is 11.6 Å². The number of anilines is 1. The van der Waals surface area contributed by atoms with Crippen molar-refractivity contribution in [2.75, 3.05) is 12.4 Å². The lowest BCUT2D eigenvalue weighted by Gasteiger charge is -2.09. The molecule has 2 heterocycles. The van der Waals surface area contributed by atoms with Gasteiger partial charge in [0.2, 0.25) is 0 Å². The summed E-state index contributed by atoms with van der Waals surface area (Å²) in [5.74, 6) is 2.59. The van der Waals surface area contributed by atoms with Gasteiger partial charge in [-0.05, 0) is 37.1 Å². The van der Waals surface area contributed by atoms with Crippen LogP contribution in [0.3, 0.4) is 0 Å². The van der Waals surface area contributed by atoms with E-state index in [1.165, 1.54) is 6.42 Å². The lowest BCUT2D eigenvalue weighted by Crippen LogP contribution is -2.29. The standard InChI is InChI=1S/C16H21N5O2/c1-23-13-8-6-12(7-9-13)18-16(22)17-11-15-20-19-14-5-3-2-4-10-21(14)15/h6-9H,2-5,10-11H2,1H3,(H2,17,18,22). The molecule has 0 unspecified atom stereocenters. The van der Waals surface area contributed by atoms with Crippen LogP contribution >= 0.6 is 0 Å². The Morgan fingerprint density at radius 1 is 1.22 bits per heavy atom. The van der Waals surface area contributed by atoms with Gasteiger partial charge in [-0.3, -0.25) is 0 Å². The zero-order valence-corrected chi connectivity index (χ0v) is 13.2. The Hall–Kier alpha value is -2.57. The summed E-state index contributed by atoms with van der Waals surface area (Å²) in [5.41, 5.74) is 0.711. The van der Waals surface area contributed by atoms with Gasteiger partial charge in [0, 0.05) is 18.7 Å². The molecule has 1 aromatic heterocycles. The minimum atomic E-state index is -0.263. The number of rotatable bonds is 4. The maximum atomic E-state index is 12.0. The van der Waals surface area contributed by atoms with Crippen LogP contribution in [-0.4, -0.2) is 27.9 Å². The first kappa shape index (κ1) is 15.3. The van der Waals surface area contributed by atoms with Gasteiger partial charge in [-0.1, -0.05) is 6.42 Å². The predicted molar refractivity (Wildman–Crippen MR) is 86.4 cm³/mol. The summed E-state index contributed by atoms with van der Waals surface area (Å²) in [5, 5.41) is 14.0. The van der Waals surface area contributed by atoms with Crippen molar-refractivity contribution in [2.45, 2.75) is 38.8 Å². The molecule has 0 atom stereocenters. The number of amides is 2. The molecule has 0 aliphatic carbocycles. The molecule has 0 saturated carbocycles. The van der Waals surface area contributed by atoms with Crippen LogP contribution in [0.25, 0.3) is 0 Å². The lowest BCUT2D eigenvalue weighted by atomic mass is 10.2. The van der Waals surface area contributed by atoms with Crippen LogP contribution in [0.1, 0.15) is 30.9 Å². The van der Waals surface area contributed by atoms with E-state index in [4.69, 9.17) is 4.74 Å². The largest absolute Gasteiger partial charge is 0.497 e. The fourth-order valence-corrected chi connectivity index (χ4v) is 2.69. The Kier molecular flexibility index (Phi) is 4.75. The highest BCUT2D eigenvalue weighted by molar-refractivity contribution is 5.89. The van der Waals surface area contributed by atoms with Crippen LogP contribution < -0.4 is 15.4 Å². The highest BCUT2D eigenvalue weighted by Gasteiger charge is 2.15. The average Bonchev–Trinajstić information content (AvgIpc) is 2.80. The normalized spacial score (nSPS) is 13.8. The molecule has 2 aromatic rings. The summed E-state index contributed by atoms with van der Waals surface area (Å²) < 4.78 is 7.21. The Labute approximate surface area is 135 Å². The van der Waals surface area contributed by atoms with Crippen molar-refractivity contribution in [3.8, 4) is 5.75 Å². The predicted octanol–water partition coefficient (Wildman–Crippen LogP) is 2.33. The number of carbonyl (C=O) groups is 1. The van der Waals surface area contributed by atoms with E-state index in [1.807, 2.05) is 0 Å². The van der Waals surface area contributed by atoms with E-state index >= 15 is 0 Å². The molecule has 1 aromatic carbocycles. The van der Waals surface area contributed by atoms with Crippen LogP contribution in [0.15, 0.2) is 24.3 Å². The topological polar surface area (TPSA) is 81.1 Å². The minimum absolute atomic E-state index is 0.263. The van der Waals surface area contributed by atoms with E-state index in [1.54, 1.807) is 31.4 Å². The van der Waals surface area contributed by atoms with Crippen LogP contribution in [-0.2, 0) is 19.5 Å². The highest BCUT2D eigenvalue weighted by atomic mass is 16.5. The van der Waals surface area contributed by atoms with Crippen molar-refractivity contribution in [2.24, 2.45) is 0 Å².